The van der Waals surface area contributed by atoms with Crippen LogP contribution >= 0.6 is 45.5 Å². The third-order valence-corrected chi connectivity index (χ3v) is 5.55. The zero-order chi connectivity index (χ0) is 14.7. The molecule has 0 amide bonds. The minimum Gasteiger partial charge on any atom is -0.310 e. The summed E-state index contributed by atoms with van der Waals surface area (Å²) in [4.78, 5) is 5.95. The molecule has 1 aromatic heterocycles. The second-order valence-electron chi connectivity index (χ2n) is 4.73. The molecule has 0 fully saturated rings. The number of aryl methyl sites for hydroxylation is 2. The zero-order valence-corrected chi connectivity index (χ0v) is 15.6. The van der Waals surface area contributed by atoms with E-state index in [2.05, 4.69) is 65.8 Å². The Kier molecular flexibility index (Phi) is 5.84. The molecule has 2 rings (SSSR count). The van der Waals surface area contributed by atoms with Crippen LogP contribution in [0.25, 0.3) is 0 Å². The number of nitrogens with one attached hydrogen (secondary N) is 1. The molecular formula is C15H18ClIN2S. The van der Waals surface area contributed by atoms with Gasteiger partial charge in [0.15, 0.2) is 0 Å². The lowest BCUT2D eigenvalue weighted by Crippen LogP contribution is -2.23. The summed E-state index contributed by atoms with van der Waals surface area (Å²) in [5.74, 6) is 0. The van der Waals surface area contributed by atoms with Crippen molar-refractivity contribution >= 4 is 45.5 Å². The molecule has 0 aliphatic rings. The van der Waals surface area contributed by atoms with Crippen LogP contribution in [0.5, 0.6) is 0 Å². The molecule has 20 heavy (non-hydrogen) atoms. The minimum absolute atomic E-state index is 0.260. The van der Waals surface area contributed by atoms with Crippen LogP contribution < -0.4 is 5.32 Å². The lowest BCUT2D eigenvalue weighted by molar-refractivity contribution is 0.546. The van der Waals surface area contributed by atoms with Crippen LogP contribution in [-0.4, -0.2) is 11.5 Å². The number of aromatic nitrogens is 1. The summed E-state index contributed by atoms with van der Waals surface area (Å²) in [6, 6.07) is 6.33. The average molecular weight is 421 g/mol. The van der Waals surface area contributed by atoms with Crippen molar-refractivity contribution in [2.45, 2.75) is 33.2 Å². The van der Waals surface area contributed by atoms with Gasteiger partial charge in [0.25, 0.3) is 0 Å². The molecule has 0 radical (unpaired) electrons. The van der Waals surface area contributed by atoms with Crippen molar-refractivity contribution < 1.29 is 0 Å². The summed E-state index contributed by atoms with van der Waals surface area (Å²) in [5, 5.41) is 5.52. The van der Waals surface area contributed by atoms with E-state index in [4.69, 9.17) is 11.6 Å². The molecule has 0 saturated carbocycles. The maximum Gasteiger partial charge on any atom is 0.0949 e. The Bertz CT molecular complexity index is 578. The van der Waals surface area contributed by atoms with Crippen LogP contribution in [0.4, 0.5) is 0 Å². The van der Waals surface area contributed by atoms with E-state index in [1.807, 2.05) is 6.07 Å². The SMILES string of the molecule is CCNC(Cc1nc(C)c(C)s1)c1cc(Cl)ccc1I. The Hall–Kier alpha value is -0.170. The van der Waals surface area contributed by atoms with E-state index in [1.165, 1.54) is 19.0 Å². The monoisotopic (exact) mass is 420 g/mol. The number of hydrogen-bond acceptors (Lipinski definition) is 3. The van der Waals surface area contributed by atoms with Gasteiger partial charge in [0.1, 0.15) is 0 Å². The van der Waals surface area contributed by atoms with Crippen molar-refractivity contribution in [3.8, 4) is 0 Å². The van der Waals surface area contributed by atoms with Crippen LogP contribution in [0, 0.1) is 17.4 Å². The first kappa shape index (κ1) is 16.2. The van der Waals surface area contributed by atoms with Gasteiger partial charge in [-0.15, -0.1) is 11.3 Å². The van der Waals surface area contributed by atoms with Gasteiger partial charge in [-0.05, 0) is 66.7 Å². The van der Waals surface area contributed by atoms with Gasteiger partial charge in [-0.3, -0.25) is 0 Å². The highest BCUT2D eigenvalue weighted by Crippen LogP contribution is 2.28. The topological polar surface area (TPSA) is 24.9 Å². The minimum atomic E-state index is 0.260. The number of nitrogens with zero attached hydrogens (tertiary/aromatic N) is 1. The van der Waals surface area contributed by atoms with E-state index >= 15 is 0 Å². The molecule has 1 atom stereocenters. The molecule has 0 aliphatic carbocycles. The fraction of sp³-hybridized carbons (Fsp3) is 0.400. The third kappa shape index (κ3) is 3.93. The van der Waals surface area contributed by atoms with Crippen molar-refractivity contribution in [1.82, 2.24) is 10.3 Å². The van der Waals surface area contributed by atoms with Gasteiger partial charge < -0.3 is 5.32 Å². The van der Waals surface area contributed by atoms with Crippen LogP contribution in [-0.2, 0) is 6.42 Å². The van der Waals surface area contributed by atoms with E-state index in [9.17, 15) is 0 Å². The second-order valence-corrected chi connectivity index (χ2v) is 7.62. The quantitative estimate of drug-likeness (QED) is 0.695. The van der Waals surface area contributed by atoms with Crippen LogP contribution in [0.1, 0.15) is 34.1 Å². The molecule has 0 spiro atoms. The Morgan fingerprint density at radius 1 is 1.40 bits per heavy atom. The summed E-state index contributed by atoms with van der Waals surface area (Å²) < 4.78 is 1.24. The van der Waals surface area contributed by atoms with Crippen molar-refractivity contribution in [2.24, 2.45) is 0 Å². The molecule has 1 heterocycles. The molecule has 1 unspecified atom stereocenters. The molecule has 2 nitrogen and oxygen atoms in total. The third-order valence-electron chi connectivity index (χ3n) is 3.24. The summed E-state index contributed by atoms with van der Waals surface area (Å²) in [5.41, 5.74) is 2.39. The van der Waals surface area contributed by atoms with Gasteiger partial charge >= 0.3 is 0 Å². The predicted molar refractivity (Wildman–Crippen MR) is 95.9 cm³/mol. The van der Waals surface area contributed by atoms with E-state index in [0.29, 0.717) is 0 Å². The maximum atomic E-state index is 6.15. The van der Waals surface area contributed by atoms with Crippen molar-refractivity contribution in [3.05, 3.63) is 47.9 Å². The Labute approximate surface area is 143 Å². The van der Waals surface area contributed by atoms with E-state index in [-0.39, 0.29) is 6.04 Å². The van der Waals surface area contributed by atoms with E-state index in [0.717, 1.165) is 23.7 Å². The van der Waals surface area contributed by atoms with Crippen LogP contribution in [0.3, 0.4) is 0 Å². The number of benzene rings is 1. The molecule has 0 bridgehead atoms. The highest BCUT2D eigenvalue weighted by Gasteiger charge is 2.17. The highest BCUT2D eigenvalue weighted by atomic mass is 127. The number of likely N-dealkylation sites (N-methyl/N-ethyl adjacent to an activating group) is 1. The molecule has 5 heteroatoms. The largest absolute Gasteiger partial charge is 0.310 e. The Balaban J connectivity index is 2.28. The van der Waals surface area contributed by atoms with E-state index in [1.54, 1.807) is 11.3 Å². The summed E-state index contributed by atoms with van der Waals surface area (Å²) in [7, 11) is 0. The zero-order valence-electron chi connectivity index (χ0n) is 11.8. The summed E-state index contributed by atoms with van der Waals surface area (Å²) >= 11 is 10.3. The fourth-order valence-electron chi connectivity index (χ4n) is 2.12. The molecule has 1 N–H and O–H groups in total. The lowest BCUT2D eigenvalue weighted by atomic mass is 10.0. The van der Waals surface area contributed by atoms with Gasteiger partial charge in [0, 0.05) is 25.9 Å². The number of hydrogen-bond donors (Lipinski definition) is 1. The lowest BCUT2D eigenvalue weighted by Gasteiger charge is -2.19. The molecule has 108 valence electrons. The van der Waals surface area contributed by atoms with Crippen LogP contribution in [0.2, 0.25) is 5.02 Å². The number of rotatable bonds is 5. The van der Waals surface area contributed by atoms with Crippen molar-refractivity contribution in [3.63, 3.8) is 0 Å². The molecule has 2 aromatic rings. The molecule has 0 aliphatic heterocycles. The first-order valence-corrected chi connectivity index (χ1v) is 8.89. The average Bonchev–Trinajstić information content (AvgIpc) is 2.71. The molecule has 0 saturated heterocycles. The predicted octanol–water partition coefficient (Wildman–Crippen LogP) is 4.91. The van der Waals surface area contributed by atoms with Gasteiger partial charge in [-0.25, -0.2) is 4.98 Å². The van der Waals surface area contributed by atoms with Gasteiger partial charge in [-0.1, -0.05) is 18.5 Å². The summed E-state index contributed by atoms with van der Waals surface area (Å²) in [6.07, 6.45) is 0.906. The van der Waals surface area contributed by atoms with Gasteiger partial charge in [0.05, 0.1) is 10.7 Å². The maximum absolute atomic E-state index is 6.15. The van der Waals surface area contributed by atoms with E-state index < -0.39 is 0 Å². The van der Waals surface area contributed by atoms with Crippen molar-refractivity contribution in [2.75, 3.05) is 6.54 Å². The standard InChI is InChI=1S/C15H18ClIN2S/c1-4-18-14(8-15-19-9(2)10(3)20-15)12-7-11(16)5-6-13(12)17/h5-7,14,18H,4,8H2,1-3H3. The first-order valence-electron chi connectivity index (χ1n) is 6.62. The second kappa shape index (κ2) is 7.20. The first-order chi connectivity index (χ1) is 9.51. The molecule has 1 aromatic carbocycles. The van der Waals surface area contributed by atoms with Crippen molar-refractivity contribution in [1.29, 1.82) is 0 Å². The number of thiazole rings is 1. The number of halogens is 2. The highest BCUT2D eigenvalue weighted by molar-refractivity contribution is 14.1. The van der Waals surface area contributed by atoms with Gasteiger partial charge in [-0.2, -0.15) is 0 Å². The van der Waals surface area contributed by atoms with Gasteiger partial charge in [0.2, 0.25) is 0 Å². The molecular weight excluding hydrogens is 403 g/mol. The summed E-state index contributed by atoms with van der Waals surface area (Å²) in [6.45, 7) is 7.25. The Morgan fingerprint density at radius 2 is 2.15 bits per heavy atom. The Morgan fingerprint density at radius 3 is 2.75 bits per heavy atom. The fourth-order valence-corrected chi connectivity index (χ4v) is 3.99. The van der Waals surface area contributed by atoms with Crippen LogP contribution in [0.15, 0.2) is 18.2 Å². The normalized spacial score (nSPS) is 12.7. The smallest absolute Gasteiger partial charge is 0.0949 e.